The molecule has 0 spiro atoms. The maximum atomic E-state index is 12.4. The quantitative estimate of drug-likeness (QED) is 0.782. The number of likely N-dealkylation sites (N-methyl/N-ethyl adjacent to an activating group) is 1. The smallest absolute Gasteiger partial charge is 0.326 e. The van der Waals surface area contributed by atoms with Gasteiger partial charge in [-0.1, -0.05) is 6.92 Å². The number of carbonyl (C=O) groups excluding carboxylic acids is 1. The molecule has 0 radical (unpaired) electrons. The second-order valence-corrected chi connectivity index (χ2v) is 6.73. The van der Waals surface area contributed by atoms with Crippen LogP contribution < -0.4 is 5.32 Å². The normalized spacial score (nSPS) is 25.7. The second kappa shape index (κ2) is 7.90. The summed E-state index contributed by atoms with van der Waals surface area (Å²) in [6.45, 7) is 5.13. The van der Waals surface area contributed by atoms with Gasteiger partial charge in [0.05, 0.1) is 18.6 Å². The van der Waals surface area contributed by atoms with Gasteiger partial charge in [0.15, 0.2) is 0 Å². The van der Waals surface area contributed by atoms with Crippen molar-refractivity contribution in [1.82, 2.24) is 5.32 Å². The SMILES string of the molecule is CCNC1(C(=O)OCC)CCCC(SCc2ccco2)C1. The minimum Gasteiger partial charge on any atom is -0.468 e. The van der Waals surface area contributed by atoms with Gasteiger partial charge < -0.3 is 14.5 Å². The zero-order valence-corrected chi connectivity index (χ0v) is 13.7. The van der Waals surface area contributed by atoms with Crippen molar-refractivity contribution < 1.29 is 13.9 Å². The number of furan rings is 1. The Hall–Kier alpha value is -0.940. The average molecular weight is 311 g/mol. The molecular formula is C16H25NO3S. The van der Waals surface area contributed by atoms with Gasteiger partial charge >= 0.3 is 5.97 Å². The van der Waals surface area contributed by atoms with Gasteiger partial charge in [0.2, 0.25) is 0 Å². The molecule has 4 nitrogen and oxygen atoms in total. The van der Waals surface area contributed by atoms with E-state index >= 15 is 0 Å². The van der Waals surface area contributed by atoms with E-state index in [-0.39, 0.29) is 5.97 Å². The first-order valence-electron chi connectivity index (χ1n) is 7.76. The van der Waals surface area contributed by atoms with Crippen molar-refractivity contribution in [3.63, 3.8) is 0 Å². The lowest BCUT2D eigenvalue weighted by atomic mass is 9.81. The second-order valence-electron chi connectivity index (χ2n) is 5.44. The van der Waals surface area contributed by atoms with E-state index in [4.69, 9.17) is 9.15 Å². The topological polar surface area (TPSA) is 51.5 Å². The lowest BCUT2D eigenvalue weighted by Crippen LogP contribution is -2.56. The number of nitrogens with one attached hydrogen (secondary N) is 1. The lowest BCUT2D eigenvalue weighted by molar-refractivity contribution is -0.152. The largest absolute Gasteiger partial charge is 0.468 e. The Balaban J connectivity index is 1.96. The molecule has 0 aromatic carbocycles. The Morgan fingerprint density at radius 1 is 1.57 bits per heavy atom. The van der Waals surface area contributed by atoms with Crippen LogP contribution in [0.1, 0.15) is 45.3 Å². The number of hydrogen-bond acceptors (Lipinski definition) is 5. The van der Waals surface area contributed by atoms with Crippen LogP contribution in [0.15, 0.2) is 22.8 Å². The Kier molecular flexibility index (Phi) is 6.18. The number of hydrogen-bond donors (Lipinski definition) is 1. The Bertz CT molecular complexity index is 431. The molecule has 2 unspecified atom stereocenters. The van der Waals surface area contributed by atoms with Crippen LogP contribution in [0.4, 0.5) is 0 Å². The summed E-state index contributed by atoms with van der Waals surface area (Å²) in [6.07, 6.45) is 5.63. The molecule has 0 aliphatic heterocycles. The van der Waals surface area contributed by atoms with E-state index in [0.29, 0.717) is 11.9 Å². The van der Waals surface area contributed by atoms with E-state index in [0.717, 1.165) is 43.7 Å². The monoisotopic (exact) mass is 311 g/mol. The summed E-state index contributed by atoms with van der Waals surface area (Å²) >= 11 is 1.88. The fourth-order valence-corrected chi connectivity index (χ4v) is 4.29. The first-order valence-corrected chi connectivity index (χ1v) is 8.81. The molecule has 1 aromatic rings. The van der Waals surface area contributed by atoms with Crippen molar-refractivity contribution in [2.45, 2.75) is 56.1 Å². The highest BCUT2D eigenvalue weighted by Crippen LogP contribution is 2.37. The Morgan fingerprint density at radius 3 is 3.10 bits per heavy atom. The molecule has 0 bridgehead atoms. The van der Waals surface area contributed by atoms with Gasteiger partial charge in [-0.15, -0.1) is 0 Å². The van der Waals surface area contributed by atoms with Crippen molar-refractivity contribution in [1.29, 1.82) is 0 Å². The predicted octanol–water partition coefficient (Wildman–Crippen LogP) is 3.37. The third kappa shape index (κ3) is 4.27. The summed E-state index contributed by atoms with van der Waals surface area (Å²) in [4.78, 5) is 12.4. The van der Waals surface area contributed by atoms with Gasteiger partial charge in [-0.3, -0.25) is 4.79 Å². The fraction of sp³-hybridized carbons (Fsp3) is 0.688. The third-order valence-electron chi connectivity index (χ3n) is 3.93. The highest BCUT2D eigenvalue weighted by atomic mass is 32.2. The van der Waals surface area contributed by atoms with E-state index in [9.17, 15) is 4.79 Å². The van der Waals surface area contributed by atoms with Crippen molar-refractivity contribution in [3.05, 3.63) is 24.2 Å². The van der Waals surface area contributed by atoms with Gasteiger partial charge in [0.1, 0.15) is 11.3 Å². The Labute approximate surface area is 131 Å². The van der Waals surface area contributed by atoms with Crippen molar-refractivity contribution in [2.75, 3.05) is 13.2 Å². The zero-order valence-electron chi connectivity index (χ0n) is 12.9. The van der Waals surface area contributed by atoms with E-state index in [2.05, 4.69) is 5.32 Å². The van der Waals surface area contributed by atoms with Crippen LogP contribution in [-0.4, -0.2) is 29.9 Å². The van der Waals surface area contributed by atoms with Crippen LogP contribution in [0, 0.1) is 0 Å². The molecule has 1 saturated carbocycles. The van der Waals surface area contributed by atoms with Crippen LogP contribution in [-0.2, 0) is 15.3 Å². The minimum absolute atomic E-state index is 0.0878. The molecule has 1 fully saturated rings. The van der Waals surface area contributed by atoms with Crippen LogP contribution in [0.3, 0.4) is 0 Å². The molecule has 1 aromatic heterocycles. The maximum Gasteiger partial charge on any atom is 0.326 e. The molecule has 0 saturated heterocycles. The molecule has 1 aliphatic carbocycles. The van der Waals surface area contributed by atoms with Crippen LogP contribution >= 0.6 is 11.8 Å². The average Bonchev–Trinajstić information content (AvgIpc) is 2.99. The molecule has 21 heavy (non-hydrogen) atoms. The summed E-state index contributed by atoms with van der Waals surface area (Å²) in [6, 6.07) is 3.91. The molecule has 1 aliphatic rings. The zero-order chi connectivity index (χ0) is 15.1. The lowest BCUT2D eigenvalue weighted by Gasteiger charge is -2.39. The Morgan fingerprint density at radius 2 is 2.43 bits per heavy atom. The first kappa shape index (κ1) is 16.4. The van der Waals surface area contributed by atoms with Crippen LogP contribution in [0.25, 0.3) is 0 Å². The number of carbonyl (C=O) groups is 1. The van der Waals surface area contributed by atoms with Gasteiger partial charge in [-0.25, -0.2) is 0 Å². The number of thioether (sulfide) groups is 1. The van der Waals surface area contributed by atoms with Gasteiger partial charge in [0.25, 0.3) is 0 Å². The molecule has 2 atom stereocenters. The molecule has 118 valence electrons. The van der Waals surface area contributed by atoms with E-state index < -0.39 is 5.54 Å². The first-order chi connectivity index (χ1) is 10.2. The fourth-order valence-electron chi connectivity index (χ4n) is 2.99. The third-order valence-corrected chi connectivity index (χ3v) is 5.25. The van der Waals surface area contributed by atoms with Crippen LogP contribution in [0.5, 0.6) is 0 Å². The highest BCUT2D eigenvalue weighted by Gasteiger charge is 2.43. The van der Waals surface area contributed by atoms with Gasteiger partial charge in [-0.2, -0.15) is 11.8 Å². The van der Waals surface area contributed by atoms with E-state index in [1.54, 1.807) is 6.26 Å². The van der Waals surface area contributed by atoms with Crippen molar-refractivity contribution in [3.8, 4) is 0 Å². The summed E-state index contributed by atoms with van der Waals surface area (Å²) in [5.41, 5.74) is -0.496. The molecule has 1 heterocycles. The van der Waals surface area contributed by atoms with Gasteiger partial charge in [0, 0.05) is 5.25 Å². The minimum atomic E-state index is -0.496. The number of esters is 1. The van der Waals surface area contributed by atoms with Crippen molar-refractivity contribution >= 4 is 17.7 Å². The molecule has 1 N–H and O–H groups in total. The molecule has 5 heteroatoms. The summed E-state index contributed by atoms with van der Waals surface area (Å²) in [5.74, 6) is 1.77. The molecule has 2 rings (SSSR count). The van der Waals surface area contributed by atoms with Crippen molar-refractivity contribution in [2.24, 2.45) is 0 Å². The van der Waals surface area contributed by atoms with Gasteiger partial charge in [-0.05, 0) is 51.3 Å². The molecule has 0 amide bonds. The maximum absolute atomic E-state index is 12.4. The highest BCUT2D eigenvalue weighted by molar-refractivity contribution is 7.99. The predicted molar refractivity (Wildman–Crippen MR) is 85.3 cm³/mol. The standard InChI is InChI=1S/C16H25NO3S/c1-3-17-16(15(18)19-4-2)9-5-8-14(11-16)21-12-13-7-6-10-20-13/h6-7,10,14,17H,3-5,8-9,11-12H2,1-2H3. The summed E-state index contributed by atoms with van der Waals surface area (Å²) < 4.78 is 10.7. The summed E-state index contributed by atoms with van der Waals surface area (Å²) in [7, 11) is 0. The summed E-state index contributed by atoms with van der Waals surface area (Å²) in [5, 5.41) is 3.86. The van der Waals surface area contributed by atoms with Crippen LogP contribution in [0.2, 0.25) is 0 Å². The molecular weight excluding hydrogens is 286 g/mol. The van der Waals surface area contributed by atoms with E-state index in [1.165, 1.54) is 0 Å². The number of rotatable bonds is 7. The van der Waals surface area contributed by atoms with E-state index in [1.807, 2.05) is 37.7 Å². The number of ether oxygens (including phenoxy) is 1.